The average molecular weight is 277 g/mol. The molecule has 0 radical (unpaired) electrons. The minimum Gasteiger partial charge on any atom is -0.348 e. The zero-order chi connectivity index (χ0) is 12.7. The second-order valence-corrected chi connectivity index (χ2v) is 5.91. The monoisotopic (exact) mass is 276 g/mol. The van der Waals surface area contributed by atoms with Crippen LogP contribution in [0.1, 0.15) is 26.1 Å². The maximum absolute atomic E-state index is 11.9. The number of halogens is 2. The molecule has 1 aliphatic carbocycles. The average Bonchev–Trinajstić information content (AvgIpc) is 2.67. The summed E-state index contributed by atoms with van der Waals surface area (Å²) in [5, 5.41) is 10.5. The van der Waals surface area contributed by atoms with Gasteiger partial charge in [-0.05, 0) is 20.3 Å². The van der Waals surface area contributed by atoms with Crippen LogP contribution in [0, 0.1) is 5.41 Å². The minimum absolute atomic E-state index is 0.145. The molecule has 1 fully saturated rings. The minimum atomic E-state index is -0.935. The van der Waals surface area contributed by atoms with Gasteiger partial charge in [0.1, 0.15) is 10.7 Å². The Labute approximate surface area is 109 Å². The largest absolute Gasteiger partial charge is 0.348 e. The SMILES string of the molecule is CCn1cnnc1CNC(=O)[C@@]1(C)CC1(Cl)Cl. The highest BCUT2D eigenvalue weighted by molar-refractivity contribution is 6.53. The van der Waals surface area contributed by atoms with Gasteiger partial charge in [0.05, 0.1) is 12.0 Å². The van der Waals surface area contributed by atoms with Crippen LogP contribution in [-0.2, 0) is 17.9 Å². The Morgan fingerprint density at radius 2 is 2.29 bits per heavy atom. The number of hydrogen-bond acceptors (Lipinski definition) is 3. The molecule has 7 heteroatoms. The molecule has 0 aromatic carbocycles. The van der Waals surface area contributed by atoms with Gasteiger partial charge in [-0.25, -0.2) is 0 Å². The van der Waals surface area contributed by atoms with E-state index in [0.29, 0.717) is 13.0 Å². The number of aromatic nitrogens is 3. The molecule has 0 spiro atoms. The molecule has 1 amide bonds. The molecule has 17 heavy (non-hydrogen) atoms. The lowest BCUT2D eigenvalue weighted by Gasteiger charge is -2.12. The zero-order valence-corrected chi connectivity index (χ0v) is 11.2. The zero-order valence-electron chi connectivity index (χ0n) is 9.70. The molecule has 1 heterocycles. The van der Waals surface area contributed by atoms with Crippen LogP contribution in [-0.4, -0.2) is 25.0 Å². The molecule has 1 aromatic rings. The fourth-order valence-electron chi connectivity index (χ4n) is 1.68. The van der Waals surface area contributed by atoms with Gasteiger partial charge in [0.25, 0.3) is 0 Å². The van der Waals surface area contributed by atoms with E-state index < -0.39 is 9.75 Å². The molecule has 1 atom stereocenters. The summed E-state index contributed by atoms with van der Waals surface area (Å²) in [5.74, 6) is 0.577. The molecule has 1 aromatic heterocycles. The van der Waals surface area contributed by atoms with Crippen molar-refractivity contribution in [2.45, 2.75) is 37.7 Å². The van der Waals surface area contributed by atoms with Crippen molar-refractivity contribution in [3.05, 3.63) is 12.2 Å². The lowest BCUT2D eigenvalue weighted by Crippen LogP contribution is -2.33. The van der Waals surface area contributed by atoms with E-state index >= 15 is 0 Å². The highest BCUT2D eigenvalue weighted by Gasteiger charge is 2.67. The smallest absolute Gasteiger partial charge is 0.229 e. The summed E-state index contributed by atoms with van der Waals surface area (Å²) in [4.78, 5) is 11.9. The normalized spacial score (nSPS) is 25.6. The first-order valence-corrected chi connectivity index (χ1v) is 6.19. The Kier molecular flexibility index (Phi) is 3.08. The van der Waals surface area contributed by atoms with Crippen molar-refractivity contribution < 1.29 is 4.79 Å². The molecule has 2 rings (SSSR count). The van der Waals surface area contributed by atoms with E-state index in [1.54, 1.807) is 13.3 Å². The third-order valence-electron chi connectivity index (χ3n) is 3.20. The lowest BCUT2D eigenvalue weighted by atomic mass is 10.1. The Hall–Kier alpha value is -0.810. The number of aryl methyl sites for hydroxylation is 1. The molecule has 1 saturated carbocycles. The Bertz CT molecular complexity index is 445. The summed E-state index contributed by atoms with van der Waals surface area (Å²) in [6.07, 6.45) is 2.11. The van der Waals surface area contributed by atoms with Crippen LogP contribution in [0.3, 0.4) is 0 Å². The number of nitrogens with one attached hydrogen (secondary N) is 1. The van der Waals surface area contributed by atoms with Gasteiger partial charge >= 0.3 is 0 Å². The van der Waals surface area contributed by atoms with Gasteiger partial charge in [-0.15, -0.1) is 33.4 Å². The predicted molar refractivity (Wildman–Crippen MR) is 64.7 cm³/mol. The van der Waals surface area contributed by atoms with Crippen LogP contribution in [0.4, 0.5) is 0 Å². The Morgan fingerprint density at radius 1 is 1.65 bits per heavy atom. The quantitative estimate of drug-likeness (QED) is 0.848. The van der Waals surface area contributed by atoms with Crippen LogP contribution < -0.4 is 5.32 Å². The summed E-state index contributed by atoms with van der Waals surface area (Å²) < 4.78 is 0.930. The second-order valence-electron chi connectivity index (χ2n) is 4.43. The summed E-state index contributed by atoms with van der Waals surface area (Å²) in [7, 11) is 0. The van der Waals surface area contributed by atoms with E-state index in [4.69, 9.17) is 23.2 Å². The van der Waals surface area contributed by atoms with Gasteiger partial charge in [-0.1, -0.05) is 0 Å². The summed E-state index contributed by atoms with van der Waals surface area (Å²) in [5.41, 5.74) is -0.687. The third-order valence-corrected chi connectivity index (χ3v) is 4.30. The number of alkyl halides is 2. The van der Waals surface area contributed by atoms with E-state index in [0.717, 1.165) is 12.4 Å². The van der Waals surface area contributed by atoms with Crippen LogP contribution in [0.5, 0.6) is 0 Å². The van der Waals surface area contributed by atoms with Crippen LogP contribution >= 0.6 is 23.2 Å². The van der Waals surface area contributed by atoms with Crippen molar-refractivity contribution in [3.63, 3.8) is 0 Å². The molecular weight excluding hydrogens is 263 g/mol. The summed E-state index contributed by atoms with van der Waals surface area (Å²) in [6, 6.07) is 0. The second kappa shape index (κ2) is 4.14. The number of amides is 1. The molecule has 5 nitrogen and oxygen atoms in total. The van der Waals surface area contributed by atoms with Crippen molar-refractivity contribution in [3.8, 4) is 0 Å². The standard InChI is InChI=1S/C10H14Cl2N4O/c1-3-16-6-14-15-7(16)4-13-8(17)9(2)5-10(9,11)12/h6H,3-5H2,1-2H3,(H,13,17)/t9-/m1/s1. The Morgan fingerprint density at radius 3 is 2.82 bits per heavy atom. The highest BCUT2D eigenvalue weighted by atomic mass is 35.5. The first kappa shape index (κ1) is 12.6. The van der Waals surface area contributed by atoms with Gasteiger partial charge in [0.15, 0.2) is 5.82 Å². The third kappa shape index (κ3) is 2.13. The molecule has 94 valence electrons. The van der Waals surface area contributed by atoms with Crippen molar-refractivity contribution in [1.82, 2.24) is 20.1 Å². The van der Waals surface area contributed by atoms with Crippen molar-refractivity contribution in [1.29, 1.82) is 0 Å². The first-order valence-electron chi connectivity index (χ1n) is 5.43. The molecular formula is C10H14Cl2N4O. The van der Waals surface area contributed by atoms with Gasteiger partial charge in [-0.2, -0.15) is 0 Å². The van der Waals surface area contributed by atoms with Crippen LogP contribution in [0.15, 0.2) is 6.33 Å². The van der Waals surface area contributed by atoms with Crippen LogP contribution in [0.25, 0.3) is 0 Å². The van der Waals surface area contributed by atoms with E-state index in [1.807, 2.05) is 11.5 Å². The summed E-state index contributed by atoms with van der Waals surface area (Å²) in [6.45, 7) is 4.85. The first-order chi connectivity index (χ1) is 7.90. The fourth-order valence-corrected chi connectivity index (χ4v) is 2.39. The molecule has 0 bridgehead atoms. The van der Waals surface area contributed by atoms with Gasteiger partial charge < -0.3 is 9.88 Å². The Balaban J connectivity index is 1.94. The van der Waals surface area contributed by atoms with Crippen molar-refractivity contribution >= 4 is 29.1 Å². The van der Waals surface area contributed by atoms with Gasteiger partial charge in [0.2, 0.25) is 5.91 Å². The van der Waals surface area contributed by atoms with E-state index in [1.165, 1.54) is 0 Å². The maximum Gasteiger partial charge on any atom is 0.229 e. The maximum atomic E-state index is 11.9. The fraction of sp³-hybridized carbons (Fsp3) is 0.700. The summed E-state index contributed by atoms with van der Waals surface area (Å²) >= 11 is 11.9. The molecule has 1 N–H and O–H groups in total. The molecule has 0 saturated heterocycles. The van der Waals surface area contributed by atoms with E-state index in [9.17, 15) is 4.79 Å². The van der Waals surface area contributed by atoms with E-state index in [2.05, 4.69) is 15.5 Å². The van der Waals surface area contributed by atoms with Crippen molar-refractivity contribution in [2.75, 3.05) is 0 Å². The van der Waals surface area contributed by atoms with Gasteiger partial charge in [-0.3, -0.25) is 4.79 Å². The molecule has 1 aliphatic rings. The molecule has 0 aliphatic heterocycles. The van der Waals surface area contributed by atoms with Crippen molar-refractivity contribution in [2.24, 2.45) is 5.41 Å². The van der Waals surface area contributed by atoms with Crippen LogP contribution in [0.2, 0.25) is 0 Å². The molecule has 0 unspecified atom stereocenters. The van der Waals surface area contributed by atoms with Gasteiger partial charge in [0, 0.05) is 6.54 Å². The topological polar surface area (TPSA) is 59.8 Å². The number of carbonyl (C=O) groups excluding carboxylic acids is 1. The number of rotatable bonds is 4. The number of carbonyl (C=O) groups is 1. The lowest BCUT2D eigenvalue weighted by molar-refractivity contribution is -0.126. The van der Waals surface area contributed by atoms with E-state index in [-0.39, 0.29) is 5.91 Å². The highest BCUT2D eigenvalue weighted by Crippen LogP contribution is 2.63. The predicted octanol–water partition coefficient (Wildman–Crippen LogP) is 1.50. The number of hydrogen-bond donors (Lipinski definition) is 1. The number of nitrogens with zero attached hydrogens (tertiary/aromatic N) is 3.